The van der Waals surface area contributed by atoms with Crippen LogP contribution in [0.1, 0.15) is 12.8 Å². The summed E-state index contributed by atoms with van der Waals surface area (Å²) in [5.74, 6) is 1.48. The molecule has 2 aliphatic rings. The van der Waals surface area contributed by atoms with Gasteiger partial charge >= 0.3 is 0 Å². The maximum atomic E-state index is 12.2. The Bertz CT molecular complexity index is 1560. The lowest BCUT2D eigenvalue weighted by Gasteiger charge is -2.42. The van der Waals surface area contributed by atoms with Gasteiger partial charge in [-0.05, 0) is 38.1 Å². The lowest BCUT2D eigenvalue weighted by molar-refractivity contribution is -0.384. The number of aromatic nitrogens is 4. The number of ether oxygens (including phenoxy) is 1. The number of rotatable bonds is 7. The number of nitrogens with one attached hydrogen (secondary N) is 1. The third kappa shape index (κ3) is 5.40. The van der Waals surface area contributed by atoms with E-state index in [2.05, 4.69) is 37.0 Å². The van der Waals surface area contributed by atoms with Crippen LogP contribution in [0.2, 0.25) is 0 Å². The molecule has 0 radical (unpaired) electrons. The van der Waals surface area contributed by atoms with Crippen molar-refractivity contribution >= 4 is 34.0 Å². The van der Waals surface area contributed by atoms with Crippen LogP contribution in [0.4, 0.5) is 23.0 Å². The molecule has 0 amide bonds. The molecule has 0 aliphatic carbocycles. The van der Waals surface area contributed by atoms with Crippen LogP contribution in [0.15, 0.2) is 48.7 Å². The molecule has 0 bridgehead atoms. The largest absolute Gasteiger partial charge is 0.494 e. The number of nitro benzene ring substituents is 1. The van der Waals surface area contributed by atoms with Crippen molar-refractivity contribution in [1.82, 2.24) is 29.3 Å². The molecular formula is C29H35N9O3. The van der Waals surface area contributed by atoms with Crippen LogP contribution in [0.25, 0.3) is 22.6 Å². The van der Waals surface area contributed by atoms with Crippen molar-refractivity contribution < 1.29 is 9.66 Å². The zero-order valence-electron chi connectivity index (χ0n) is 23.7. The van der Waals surface area contributed by atoms with Gasteiger partial charge in [0.1, 0.15) is 17.1 Å². The normalized spacial score (nSPS) is 17.2. The van der Waals surface area contributed by atoms with E-state index in [9.17, 15) is 10.1 Å². The topological polar surface area (TPSA) is 118 Å². The summed E-state index contributed by atoms with van der Waals surface area (Å²) < 4.78 is 7.67. The molecular weight excluding hydrogens is 522 g/mol. The molecule has 0 spiro atoms. The number of imidazole rings is 1. The van der Waals surface area contributed by atoms with Crippen LogP contribution < -0.4 is 15.0 Å². The number of piperazine rings is 1. The maximum absolute atomic E-state index is 12.2. The molecule has 0 atom stereocenters. The second-order valence-corrected chi connectivity index (χ2v) is 10.7. The van der Waals surface area contributed by atoms with Gasteiger partial charge in [0.2, 0.25) is 5.95 Å². The van der Waals surface area contributed by atoms with Gasteiger partial charge in [-0.2, -0.15) is 0 Å². The average molecular weight is 558 g/mol. The Morgan fingerprint density at radius 2 is 1.76 bits per heavy atom. The molecule has 6 rings (SSSR count). The maximum Gasteiger partial charge on any atom is 0.294 e. The first kappa shape index (κ1) is 26.9. The molecule has 4 heterocycles. The number of para-hydroxylation sites is 2. The molecule has 12 nitrogen and oxygen atoms in total. The van der Waals surface area contributed by atoms with Crippen LogP contribution in [-0.4, -0.2) is 93.7 Å². The van der Waals surface area contributed by atoms with Gasteiger partial charge in [0.25, 0.3) is 5.69 Å². The fourth-order valence-electron chi connectivity index (χ4n) is 5.92. The quantitative estimate of drug-likeness (QED) is 0.265. The van der Waals surface area contributed by atoms with Gasteiger partial charge in [0.15, 0.2) is 5.82 Å². The van der Waals surface area contributed by atoms with Gasteiger partial charge < -0.3 is 24.4 Å². The van der Waals surface area contributed by atoms with Crippen LogP contribution in [0.5, 0.6) is 5.75 Å². The molecule has 2 fully saturated rings. The Labute approximate surface area is 238 Å². The first-order valence-electron chi connectivity index (χ1n) is 14.0. The summed E-state index contributed by atoms with van der Waals surface area (Å²) in [7, 11) is 5.67. The van der Waals surface area contributed by atoms with E-state index in [-0.39, 0.29) is 10.6 Å². The van der Waals surface area contributed by atoms with Crippen molar-refractivity contribution in [3.63, 3.8) is 0 Å². The van der Waals surface area contributed by atoms with Crippen molar-refractivity contribution in [1.29, 1.82) is 0 Å². The van der Waals surface area contributed by atoms with E-state index in [1.165, 1.54) is 6.07 Å². The molecule has 41 heavy (non-hydrogen) atoms. The number of benzene rings is 2. The molecule has 2 saturated heterocycles. The van der Waals surface area contributed by atoms with Crippen molar-refractivity contribution in [3.05, 3.63) is 58.8 Å². The summed E-state index contributed by atoms with van der Waals surface area (Å²) in [6.07, 6.45) is 3.60. The molecule has 2 aromatic heterocycles. The number of piperidine rings is 1. The monoisotopic (exact) mass is 557 g/mol. The van der Waals surface area contributed by atoms with Crippen LogP contribution in [0.3, 0.4) is 0 Å². The zero-order valence-corrected chi connectivity index (χ0v) is 23.7. The van der Waals surface area contributed by atoms with Gasteiger partial charge in [-0.1, -0.05) is 12.1 Å². The Morgan fingerprint density at radius 1 is 1.00 bits per heavy atom. The number of fused-ring (bicyclic) bond motifs is 1. The Balaban J connectivity index is 1.24. The van der Waals surface area contributed by atoms with Crippen molar-refractivity contribution in [2.75, 3.05) is 63.6 Å². The second kappa shape index (κ2) is 11.3. The molecule has 214 valence electrons. The average Bonchev–Trinajstić information content (AvgIpc) is 3.34. The Morgan fingerprint density at radius 3 is 2.46 bits per heavy atom. The van der Waals surface area contributed by atoms with Crippen molar-refractivity contribution in [3.8, 4) is 17.3 Å². The van der Waals surface area contributed by atoms with Gasteiger partial charge in [-0.3, -0.25) is 15.0 Å². The van der Waals surface area contributed by atoms with Crippen LogP contribution >= 0.6 is 0 Å². The van der Waals surface area contributed by atoms with E-state index < -0.39 is 0 Å². The van der Waals surface area contributed by atoms with Crippen LogP contribution in [-0.2, 0) is 7.05 Å². The van der Waals surface area contributed by atoms with E-state index in [0.29, 0.717) is 40.6 Å². The minimum absolute atomic E-state index is 0.0258. The molecule has 2 aliphatic heterocycles. The highest BCUT2D eigenvalue weighted by atomic mass is 16.6. The first-order valence-corrected chi connectivity index (χ1v) is 14.0. The van der Waals surface area contributed by atoms with E-state index in [4.69, 9.17) is 9.72 Å². The van der Waals surface area contributed by atoms with Crippen molar-refractivity contribution in [2.24, 2.45) is 7.05 Å². The van der Waals surface area contributed by atoms with Crippen LogP contribution in [0, 0.1) is 10.1 Å². The van der Waals surface area contributed by atoms with E-state index in [1.54, 1.807) is 25.4 Å². The minimum Gasteiger partial charge on any atom is -0.494 e. The number of aryl methyl sites for hydroxylation is 1. The molecule has 12 heteroatoms. The van der Waals surface area contributed by atoms with E-state index in [0.717, 1.165) is 63.1 Å². The summed E-state index contributed by atoms with van der Waals surface area (Å²) >= 11 is 0. The lowest BCUT2D eigenvalue weighted by atomic mass is 10.0. The minimum atomic E-state index is -0.330. The molecule has 0 unspecified atom stereocenters. The SMILES string of the molecule is COc1cc(N2CCC(N3CCN(C)CC3)CC2)c([N+](=O)[O-])cc1Nc1nccc(-c2nc3ccccc3n2C)n1. The predicted molar refractivity (Wildman–Crippen MR) is 159 cm³/mol. The Kier molecular flexibility index (Phi) is 7.41. The number of anilines is 3. The van der Waals surface area contributed by atoms with Gasteiger partial charge in [0, 0.05) is 70.7 Å². The summed E-state index contributed by atoms with van der Waals surface area (Å²) in [6, 6.07) is 13.5. The summed E-state index contributed by atoms with van der Waals surface area (Å²) in [5, 5.41) is 15.4. The number of nitro groups is 1. The molecule has 4 aromatic rings. The van der Waals surface area contributed by atoms with E-state index in [1.807, 2.05) is 35.9 Å². The molecule has 2 aromatic carbocycles. The highest BCUT2D eigenvalue weighted by Crippen LogP contribution is 2.40. The Hall–Kier alpha value is -4.29. The number of hydrogen-bond donors (Lipinski definition) is 1. The van der Waals surface area contributed by atoms with Gasteiger partial charge in [0.05, 0.1) is 28.8 Å². The fraction of sp³-hybridized carbons (Fsp3) is 0.414. The number of methoxy groups -OCH3 is 1. The highest BCUT2D eigenvalue weighted by Gasteiger charge is 2.30. The second-order valence-electron chi connectivity index (χ2n) is 10.7. The van der Waals surface area contributed by atoms with E-state index >= 15 is 0 Å². The summed E-state index contributed by atoms with van der Waals surface area (Å²) in [6.45, 7) is 5.85. The number of nitrogens with zero attached hydrogens (tertiary/aromatic N) is 8. The first-order chi connectivity index (χ1) is 19.9. The smallest absolute Gasteiger partial charge is 0.294 e. The predicted octanol–water partition coefficient (Wildman–Crippen LogP) is 3.91. The van der Waals surface area contributed by atoms with Crippen molar-refractivity contribution in [2.45, 2.75) is 18.9 Å². The number of hydrogen-bond acceptors (Lipinski definition) is 10. The fourth-order valence-corrected chi connectivity index (χ4v) is 5.92. The zero-order chi connectivity index (χ0) is 28.5. The molecule has 1 N–H and O–H groups in total. The highest BCUT2D eigenvalue weighted by molar-refractivity contribution is 5.80. The molecule has 0 saturated carbocycles. The van der Waals surface area contributed by atoms with Gasteiger partial charge in [-0.25, -0.2) is 15.0 Å². The van der Waals surface area contributed by atoms with Gasteiger partial charge in [-0.15, -0.1) is 0 Å². The standard InChI is InChI=1S/C29H35N9O3/c1-34-14-16-36(17-15-34)20-9-12-37(13-10-20)25-19-27(41-3)23(18-26(25)38(39)40)33-29-30-11-8-22(32-29)28-31-21-6-4-5-7-24(21)35(28)2/h4-8,11,18-20H,9-10,12-17H2,1-3H3,(H,30,32,33). The third-order valence-electron chi connectivity index (χ3n) is 8.27. The third-order valence-corrected chi connectivity index (χ3v) is 8.27. The summed E-state index contributed by atoms with van der Waals surface area (Å²) in [4.78, 5) is 32.7. The number of likely N-dealkylation sites (N-methyl/N-ethyl adjacent to an activating group) is 1. The summed E-state index contributed by atoms with van der Waals surface area (Å²) in [5.41, 5.74) is 3.53. The lowest BCUT2D eigenvalue weighted by Crippen LogP contribution is -2.52.